The fourth-order valence-corrected chi connectivity index (χ4v) is 3.21. The first-order valence-electron chi connectivity index (χ1n) is 6.56. The molecule has 0 radical (unpaired) electrons. The fraction of sp³-hybridized carbons (Fsp3) is 0.308. The van der Waals surface area contributed by atoms with Crippen molar-refractivity contribution in [2.45, 2.75) is 17.9 Å². The minimum absolute atomic E-state index is 0. The number of fused-ring (bicyclic) bond motifs is 1. The van der Waals surface area contributed by atoms with Crippen LogP contribution in [0.5, 0.6) is 0 Å². The van der Waals surface area contributed by atoms with Crippen molar-refractivity contribution in [3.05, 3.63) is 40.6 Å². The second kappa shape index (κ2) is 7.64. The molecule has 0 spiro atoms. The van der Waals surface area contributed by atoms with Crippen molar-refractivity contribution < 1.29 is 13.3 Å². The Balaban J connectivity index is 0.00000264. The van der Waals surface area contributed by atoms with Gasteiger partial charge in [0.25, 0.3) is 5.69 Å². The van der Waals surface area contributed by atoms with E-state index in [-0.39, 0.29) is 46.5 Å². The molecule has 0 fully saturated rings. The molecule has 0 aliphatic carbocycles. The third kappa shape index (κ3) is 4.14. The Morgan fingerprint density at radius 2 is 2.04 bits per heavy atom. The molecule has 0 saturated heterocycles. The molecule has 0 amide bonds. The molecule has 0 saturated carbocycles. The van der Waals surface area contributed by atoms with E-state index in [1.54, 1.807) is 7.05 Å². The Kier molecular flexibility index (Phi) is 6.39. The van der Waals surface area contributed by atoms with Crippen molar-refractivity contribution in [3.8, 4) is 0 Å². The number of benzene rings is 1. The molecule has 8 nitrogen and oxygen atoms in total. The minimum atomic E-state index is -3.81. The molecule has 0 aliphatic rings. The number of aromatic nitrogens is 1. The van der Waals surface area contributed by atoms with Crippen molar-refractivity contribution in [2.24, 2.45) is 0 Å². The lowest BCUT2D eigenvalue weighted by atomic mass is 10.2. The predicted molar refractivity (Wildman–Crippen MR) is 89.4 cm³/mol. The molecule has 10 heteroatoms. The van der Waals surface area contributed by atoms with Gasteiger partial charge in [0, 0.05) is 24.8 Å². The molecule has 1 unspecified atom stereocenters. The van der Waals surface area contributed by atoms with E-state index in [4.69, 9.17) is 0 Å². The summed E-state index contributed by atoms with van der Waals surface area (Å²) in [5.41, 5.74) is -0.0908. The summed E-state index contributed by atoms with van der Waals surface area (Å²) in [7, 11) is -2.09. The molecule has 1 aromatic heterocycles. The second-order valence-electron chi connectivity index (χ2n) is 4.78. The number of nitro benzene ring substituents is 1. The summed E-state index contributed by atoms with van der Waals surface area (Å²) >= 11 is 0. The number of nitrogens with zero attached hydrogens (tertiary/aromatic N) is 2. The van der Waals surface area contributed by atoms with E-state index >= 15 is 0 Å². The summed E-state index contributed by atoms with van der Waals surface area (Å²) in [6, 6.07) is 5.35. The van der Waals surface area contributed by atoms with Crippen LogP contribution >= 0.6 is 12.4 Å². The summed E-state index contributed by atoms with van der Waals surface area (Å²) in [6.45, 7) is 2.03. The van der Waals surface area contributed by atoms with E-state index < -0.39 is 14.9 Å². The number of nitro groups is 1. The van der Waals surface area contributed by atoms with Crippen LogP contribution in [0.3, 0.4) is 0 Å². The summed E-state index contributed by atoms with van der Waals surface area (Å²) in [5.74, 6) is 0. The van der Waals surface area contributed by atoms with E-state index in [0.29, 0.717) is 0 Å². The SMILES string of the molecule is CNC(C)CNS(=O)(=O)c1ccc([N+](=O)[O-])c2cccnc12.Cl. The minimum Gasteiger partial charge on any atom is -0.316 e. The number of hydrogen-bond donors (Lipinski definition) is 2. The van der Waals surface area contributed by atoms with Gasteiger partial charge in [-0.15, -0.1) is 12.4 Å². The van der Waals surface area contributed by atoms with Crippen molar-refractivity contribution in [3.63, 3.8) is 0 Å². The van der Waals surface area contributed by atoms with Crippen LogP contribution < -0.4 is 10.0 Å². The van der Waals surface area contributed by atoms with Crippen molar-refractivity contribution in [1.82, 2.24) is 15.0 Å². The summed E-state index contributed by atoms with van der Waals surface area (Å²) in [5, 5.41) is 14.1. The quantitative estimate of drug-likeness (QED) is 0.595. The van der Waals surface area contributed by atoms with Gasteiger partial charge < -0.3 is 5.32 Å². The molecule has 0 bridgehead atoms. The Morgan fingerprint density at radius 3 is 2.65 bits per heavy atom. The van der Waals surface area contributed by atoms with Gasteiger partial charge in [0.05, 0.1) is 15.8 Å². The number of non-ortho nitro benzene ring substituents is 1. The monoisotopic (exact) mass is 360 g/mol. The number of rotatable bonds is 6. The van der Waals surface area contributed by atoms with Crippen molar-refractivity contribution in [2.75, 3.05) is 13.6 Å². The van der Waals surface area contributed by atoms with Gasteiger partial charge in [-0.05, 0) is 32.2 Å². The van der Waals surface area contributed by atoms with Gasteiger partial charge in [-0.25, -0.2) is 13.1 Å². The van der Waals surface area contributed by atoms with Gasteiger partial charge in [0.15, 0.2) is 0 Å². The number of pyridine rings is 1. The maximum absolute atomic E-state index is 12.4. The predicted octanol–water partition coefficient (Wildman–Crippen LogP) is 1.45. The molecule has 126 valence electrons. The number of sulfonamides is 1. The Morgan fingerprint density at radius 1 is 1.35 bits per heavy atom. The summed E-state index contributed by atoms with van der Waals surface area (Å²) < 4.78 is 27.3. The van der Waals surface area contributed by atoms with Gasteiger partial charge in [0.1, 0.15) is 4.90 Å². The topological polar surface area (TPSA) is 114 Å². The Hall–Kier alpha value is -1.81. The fourth-order valence-electron chi connectivity index (χ4n) is 1.92. The van der Waals surface area contributed by atoms with E-state index in [1.807, 2.05) is 6.92 Å². The van der Waals surface area contributed by atoms with Crippen molar-refractivity contribution >= 4 is 39.0 Å². The van der Waals surface area contributed by atoms with E-state index in [2.05, 4.69) is 15.0 Å². The largest absolute Gasteiger partial charge is 0.316 e. The lowest BCUT2D eigenvalue weighted by Crippen LogP contribution is -2.37. The molecule has 1 atom stereocenters. The van der Waals surface area contributed by atoms with Crippen LogP contribution in [-0.4, -0.2) is 38.0 Å². The van der Waals surface area contributed by atoms with Crippen molar-refractivity contribution in [1.29, 1.82) is 0 Å². The first kappa shape index (κ1) is 19.2. The summed E-state index contributed by atoms with van der Waals surface area (Å²) in [6.07, 6.45) is 1.40. The van der Waals surface area contributed by atoms with Gasteiger partial charge in [-0.3, -0.25) is 15.1 Å². The third-order valence-electron chi connectivity index (χ3n) is 3.27. The smallest absolute Gasteiger partial charge is 0.278 e. The van der Waals surface area contributed by atoms with Gasteiger partial charge >= 0.3 is 0 Å². The zero-order valence-electron chi connectivity index (χ0n) is 12.5. The van der Waals surface area contributed by atoms with Gasteiger partial charge in [-0.2, -0.15) is 0 Å². The first-order chi connectivity index (χ1) is 10.4. The summed E-state index contributed by atoms with van der Waals surface area (Å²) in [4.78, 5) is 14.4. The third-order valence-corrected chi connectivity index (χ3v) is 4.72. The molecule has 23 heavy (non-hydrogen) atoms. The normalized spacial score (nSPS) is 12.6. The van der Waals surface area contributed by atoms with Crippen LogP contribution in [-0.2, 0) is 10.0 Å². The van der Waals surface area contributed by atoms with E-state index in [1.165, 1.54) is 30.5 Å². The van der Waals surface area contributed by atoms with Crippen LogP contribution in [0.15, 0.2) is 35.4 Å². The average Bonchev–Trinajstić information content (AvgIpc) is 2.51. The molecule has 2 rings (SSSR count). The number of likely N-dealkylation sites (N-methyl/N-ethyl adjacent to an activating group) is 1. The Bertz CT molecular complexity index is 813. The van der Waals surface area contributed by atoms with E-state index in [0.717, 1.165) is 0 Å². The van der Waals surface area contributed by atoms with Crippen LogP contribution in [0.2, 0.25) is 0 Å². The van der Waals surface area contributed by atoms with Crippen LogP contribution in [0.4, 0.5) is 5.69 Å². The highest BCUT2D eigenvalue weighted by molar-refractivity contribution is 7.89. The molecular formula is C13H17ClN4O4S. The highest BCUT2D eigenvalue weighted by atomic mass is 35.5. The first-order valence-corrected chi connectivity index (χ1v) is 8.04. The maximum atomic E-state index is 12.4. The molecule has 0 aliphatic heterocycles. The van der Waals surface area contributed by atoms with Crippen LogP contribution in [0, 0.1) is 10.1 Å². The number of nitrogens with one attached hydrogen (secondary N) is 2. The average molecular weight is 361 g/mol. The molecule has 1 heterocycles. The van der Waals surface area contributed by atoms with Gasteiger partial charge in [0.2, 0.25) is 10.0 Å². The highest BCUT2D eigenvalue weighted by Crippen LogP contribution is 2.29. The highest BCUT2D eigenvalue weighted by Gasteiger charge is 2.23. The van der Waals surface area contributed by atoms with Crippen LogP contribution in [0.25, 0.3) is 10.9 Å². The molecular weight excluding hydrogens is 344 g/mol. The maximum Gasteiger partial charge on any atom is 0.278 e. The van der Waals surface area contributed by atoms with Gasteiger partial charge in [-0.1, -0.05) is 0 Å². The number of halogens is 1. The Labute approximate surface area is 139 Å². The lowest BCUT2D eigenvalue weighted by molar-refractivity contribution is -0.383. The standard InChI is InChI=1S/C13H16N4O4S.ClH/c1-9(14-2)8-16-22(20,21)12-6-5-11(17(18)19)10-4-3-7-15-13(10)12;/h3-7,9,14,16H,8H2,1-2H3;1H. The molecule has 1 aromatic carbocycles. The van der Waals surface area contributed by atoms with Crippen LogP contribution in [0.1, 0.15) is 6.92 Å². The molecule has 2 N–H and O–H groups in total. The zero-order valence-corrected chi connectivity index (χ0v) is 14.1. The number of hydrogen-bond acceptors (Lipinski definition) is 6. The zero-order chi connectivity index (χ0) is 16.3. The second-order valence-corrected chi connectivity index (χ2v) is 6.52. The van der Waals surface area contributed by atoms with E-state index in [9.17, 15) is 18.5 Å². The molecule has 2 aromatic rings. The lowest BCUT2D eigenvalue weighted by Gasteiger charge is -2.13.